The summed E-state index contributed by atoms with van der Waals surface area (Å²) in [4.78, 5) is 15.4. The molecule has 1 aliphatic rings. The number of nitrogens with one attached hydrogen (secondary N) is 1. The van der Waals surface area contributed by atoms with E-state index in [2.05, 4.69) is 10.3 Å². The Labute approximate surface area is 105 Å². The second-order valence-electron chi connectivity index (χ2n) is 4.64. The predicted octanol–water partition coefficient (Wildman–Crippen LogP) is 2.90. The molecular formula is C14H14N2O2. The third kappa shape index (κ3) is 1.79. The van der Waals surface area contributed by atoms with Gasteiger partial charge in [-0.05, 0) is 19.3 Å². The van der Waals surface area contributed by atoms with Gasteiger partial charge < -0.3 is 10.4 Å². The summed E-state index contributed by atoms with van der Waals surface area (Å²) in [7, 11) is 0. The van der Waals surface area contributed by atoms with Gasteiger partial charge in [0.15, 0.2) is 0 Å². The molecule has 1 aliphatic carbocycles. The molecule has 1 heterocycles. The maximum absolute atomic E-state index is 11.2. The molecule has 1 saturated carbocycles. The number of fused-ring (bicyclic) bond motifs is 1. The maximum atomic E-state index is 11.2. The maximum Gasteiger partial charge on any atom is 0.337 e. The van der Waals surface area contributed by atoms with Gasteiger partial charge in [-0.25, -0.2) is 9.78 Å². The second-order valence-corrected chi connectivity index (χ2v) is 4.64. The number of aromatic carboxylic acids is 1. The first-order chi connectivity index (χ1) is 8.75. The molecule has 0 aliphatic heterocycles. The Balaban J connectivity index is 2.10. The highest BCUT2D eigenvalue weighted by Gasteiger charge is 2.19. The van der Waals surface area contributed by atoms with Crippen molar-refractivity contribution in [3.05, 3.63) is 36.0 Å². The van der Waals surface area contributed by atoms with E-state index in [1.165, 1.54) is 12.6 Å². The normalized spacial score (nSPS) is 15.3. The minimum absolute atomic E-state index is 0.254. The molecule has 3 rings (SSSR count). The van der Waals surface area contributed by atoms with Crippen molar-refractivity contribution in [1.82, 2.24) is 4.98 Å². The summed E-state index contributed by atoms with van der Waals surface area (Å²) in [5.74, 6) is -0.144. The van der Waals surface area contributed by atoms with E-state index in [4.69, 9.17) is 5.11 Å². The van der Waals surface area contributed by atoms with Crippen LogP contribution in [0.2, 0.25) is 0 Å². The van der Waals surface area contributed by atoms with Crippen molar-refractivity contribution in [2.24, 2.45) is 0 Å². The van der Waals surface area contributed by atoms with Gasteiger partial charge in [-0.2, -0.15) is 0 Å². The first-order valence-corrected chi connectivity index (χ1v) is 6.13. The monoisotopic (exact) mass is 242 g/mol. The zero-order valence-corrected chi connectivity index (χ0v) is 9.89. The lowest BCUT2D eigenvalue weighted by Crippen LogP contribution is -2.27. The summed E-state index contributed by atoms with van der Waals surface area (Å²) in [5, 5.41) is 14.2. The molecule has 2 N–H and O–H groups in total. The van der Waals surface area contributed by atoms with Crippen LogP contribution in [0, 0.1) is 0 Å². The zero-order chi connectivity index (χ0) is 12.5. The van der Waals surface area contributed by atoms with Gasteiger partial charge in [-0.3, -0.25) is 0 Å². The van der Waals surface area contributed by atoms with Gasteiger partial charge >= 0.3 is 5.97 Å². The van der Waals surface area contributed by atoms with Crippen LogP contribution >= 0.6 is 0 Å². The molecule has 0 unspecified atom stereocenters. The molecule has 0 amide bonds. The number of aromatic nitrogens is 1. The number of carboxylic acid groups (broad SMARTS) is 1. The van der Waals surface area contributed by atoms with Crippen LogP contribution in [0.3, 0.4) is 0 Å². The lowest BCUT2D eigenvalue weighted by Gasteiger charge is -2.27. The van der Waals surface area contributed by atoms with Crippen molar-refractivity contribution < 1.29 is 9.90 Å². The standard InChI is InChI=1S/C14H14N2O2/c17-14(18)12-8-15-13(16-9-4-3-5-9)11-7-2-1-6-10(11)12/h1-2,6-9H,3-5H2,(H,15,16)(H,17,18). The lowest BCUT2D eigenvalue weighted by atomic mass is 9.93. The van der Waals surface area contributed by atoms with Gasteiger partial charge in [0.05, 0.1) is 5.56 Å². The van der Waals surface area contributed by atoms with E-state index in [9.17, 15) is 4.79 Å². The van der Waals surface area contributed by atoms with E-state index in [-0.39, 0.29) is 5.56 Å². The minimum Gasteiger partial charge on any atom is -0.478 e. The molecule has 0 spiro atoms. The molecule has 0 atom stereocenters. The molecule has 0 bridgehead atoms. The van der Waals surface area contributed by atoms with Crippen molar-refractivity contribution in [3.63, 3.8) is 0 Å². The summed E-state index contributed by atoms with van der Waals surface area (Å²) in [6, 6.07) is 7.97. The Bertz CT molecular complexity index is 606. The number of hydrogen-bond acceptors (Lipinski definition) is 3. The number of pyridine rings is 1. The van der Waals surface area contributed by atoms with Crippen molar-refractivity contribution in [3.8, 4) is 0 Å². The summed E-state index contributed by atoms with van der Waals surface area (Å²) in [6.45, 7) is 0. The Morgan fingerprint density at radius 2 is 2.00 bits per heavy atom. The van der Waals surface area contributed by atoms with Crippen LogP contribution < -0.4 is 5.32 Å². The average Bonchev–Trinajstić information content (AvgIpc) is 2.33. The Kier molecular flexibility index (Phi) is 2.63. The highest BCUT2D eigenvalue weighted by molar-refractivity contribution is 6.06. The van der Waals surface area contributed by atoms with Gasteiger partial charge in [-0.1, -0.05) is 24.3 Å². The van der Waals surface area contributed by atoms with Crippen LogP contribution in [0.5, 0.6) is 0 Å². The second kappa shape index (κ2) is 4.29. The molecule has 1 fully saturated rings. The van der Waals surface area contributed by atoms with Crippen molar-refractivity contribution in [2.75, 3.05) is 5.32 Å². The van der Waals surface area contributed by atoms with E-state index in [0.29, 0.717) is 6.04 Å². The third-order valence-corrected chi connectivity index (χ3v) is 3.47. The number of carboxylic acids is 1. The molecule has 1 aromatic carbocycles. The van der Waals surface area contributed by atoms with E-state index < -0.39 is 5.97 Å². The van der Waals surface area contributed by atoms with Crippen LogP contribution in [0.1, 0.15) is 29.6 Å². The van der Waals surface area contributed by atoms with E-state index >= 15 is 0 Å². The summed E-state index contributed by atoms with van der Waals surface area (Å²) < 4.78 is 0. The van der Waals surface area contributed by atoms with Gasteiger partial charge in [0.25, 0.3) is 0 Å². The Morgan fingerprint density at radius 3 is 2.61 bits per heavy atom. The number of carbonyl (C=O) groups is 1. The molecule has 2 aromatic rings. The number of nitrogens with zero attached hydrogens (tertiary/aromatic N) is 1. The molecule has 4 heteroatoms. The van der Waals surface area contributed by atoms with Gasteiger partial charge in [0.1, 0.15) is 5.82 Å². The summed E-state index contributed by atoms with van der Waals surface area (Å²) in [6.07, 6.45) is 5.02. The van der Waals surface area contributed by atoms with Gasteiger partial charge in [0, 0.05) is 23.0 Å². The van der Waals surface area contributed by atoms with E-state index in [0.717, 1.165) is 29.4 Å². The molecule has 18 heavy (non-hydrogen) atoms. The lowest BCUT2D eigenvalue weighted by molar-refractivity contribution is 0.0698. The zero-order valence-electron chi connectivity index (χ0n) is 9.89. The first-order valence-electron chi connectivity index (χ1n) is 6.13. The number of benzene rings is 1. The summed E-state index contributed by atoms with van der Waals surface area (Å²) >= 11 is 0. The fraction of sp³-hybridized carbons (Fsp3) is 0.286. The molecule has 0 radical (unpaired) electrons. The highest BCUT2D eigenvalue weighted by Crippen LogP contribution is 2.28. The largest absolute Gasteiger partial charge is 0.478 e. The van der Waals surface area contributed by atoms with Gasteiger partial charge in [-0.15, -0.1) is 0 Å². The fourth-order valence-corrected chi connectivity index (χ4v) is 2.22. The van der Waals surface area contributed by atoms with Crippen LogP contribution in [-0.4, -0.2) is 22.1 Å². The van der Waals surface area contributed by atoms with Crippen LogP contribution in [0.25, 0.3) is 10.8 Å². The topological polar surface area (TPSA) is 62.2 Å². The fourth-order valence-electron chi connectivity index (χ4n) is 2.22. The van der Waals surface area contributed by atoms with Crippen molar-refractivity contribution in [1.29, 1.82) is 0 Å². The third-order valence-electron chi connectivity index (χ3n) is 3.47. The molecule has 92 valence electrons. The SMILES string of the molecule is O=C(O)c1cnc(NC2CCC2)c2ccccc12. The van der Waals surface area contributed by atoms with E-state index in [1.807, 2.05) is 24.3 Å². The Morgan fingerprint density at radius 1 is 1.28 bits per heavy atom. The molecule has 0 saturated heterocycles. The van der Waals surface area contributed by atoms with Crippen LogP contribution in [0.4, 0.5) is 5.82 Å². The predicted molar refractivity (Wildman–Crippen MR) is 70.0 cm³/mol. The van der Waals surface area contributed by atoms with Gasteiger partial charge in [0.2, 0.25) is 0 Å². The number of hydrogen-bond donors (Lipinski definition) is 2. The van der Waals surface area contributed by atoms with Crippen molar-refractivity contribution in [2.45, 2.75) is 25.3 Å². The minimum atomic E-state index is -0.936. The van der Waals surface area contributed by atoms with E-state index in [1.54, 1.807) is 0 Å². The molecule has 1 aromatic heterocycles. The molecule has 4 nitrogen and oxygen atoms in total. The molecular weight excluding hydrogens is 228 g/mol. The highest BCUT2D eigenvalue weighted by atomic mass is 16.4. The number of anilines is 1. The smallest absolute Gasteiger partial charge is 0.337 e. The Hall–Kier alpha value is -2.10. The van der Waals surface area contributed by atoms with Crippen molar-refractivity contribution >= 4 is 22.6 Å². The quantitative estimate of drug-likeness (QED) is 0.868. The first kappa shape index (κ1) is 11.0. The van der Waals surface area contributed by atoms with Crippen LogP contribution in [0.15, 0.2) is 30.5 Å². The summed E-state index contributed by atoms with van der Waals surface area (Å²) in [5.41, 5.74) is 0.254. The number of rotatable bonds is 3. The van der Waals surface area contributed by atoms with Crippen LogP contribution in [-0.2, 0) is 0 Å². The average molecular weight is 242 g/mol.